The minimum Gasteiger partial charge on any atom is -0.497 e. The van der Waals surface area contributed by atoms with Gasteiger partial charge in [-0.3, -0.25) is 0 Å². The molecule has 2 rings (SSSR count). The van der Waals surface area contributed by atoms with Crippen molar-refractivity contribution in [2.24, 2.45) is 0 Å². The standard InChI is InChI=1S/C16H17BrClNO4S/c1-19(10-11-4-6-13(22-2)7-5-11)24(20,21)15-9-12(18)8-14(17)16(15)23-3/h4-9H,10H2,1-3H3. The molecule has 0 heterocycles. The molecule has 0 aliphatic carbocycles. The van der Waals surface area contributed by atoms with Gasteiger partial charge in [0.05, 0.1) is 18.7 Å². The number of hydrogen-bond donors (Lipinski definition) is 0. The molecule has 0 radical (unpaired) electrons. The Balaban J connectivity index is 2.35. The molecule has 130 valence electrons. The summed E-state index contributed by atoms with van der Waals surface area (Å²) in [5.41, 5.74) is 0.835. The fourth-order valence-corrected chi connectivity index (χ4v) is 4.69. The minimum absolute atomic E-state index is 0.0142. The van der Waals surface area contributed by atoms with E-state index in [1.165, 1.54) is 24.5 Å². The highest BCUT2D eigenvalue weighted by molar-refractivity contribution is 9.10. The number of halogens is 2. The van der Waals surface area contributed by atoms with Gasteiger partial charge in [-0.25, -0.2) is 8.42 Å². The zero-order chi connectivity index (χ0) is 17.9. The summed E-state index contributed by atoms with van der Waals surface area (Å²) in [6, 6.07) is 10.2. The van der Waals surface area contributed by atoms with E-state index in [9.17, 15) is 8.42 Å². The van der Waals surface area contributed by atoms with E-state index in [1.807, 2.05) is 12.1 Å². The fraction of sp³-hybridized carbons (Fsp3) is 0.250. The van der Waals surface area contributed by atoms with E-state index in [-0.39, 0.29) is 17.2 Å². The minimum atomic E-state index is -3.78. The molecule has 8 heteroatoms. The third-order valence-corrected chi connectivity index (χ3v) is 6.05. The molecule has 0 atom stereocenters. The maximum absolute atomic E-state index is 12.9. The van der Waals surface area contributed by atoms with E-state index in [2.05, 4.69) is 15.9 Å². The predicted molar refractivity (Wildman–Crippen MR) is 97.4 cm³/mol. The summed E-state index contributed by atoms with van der Waals surface area (Å²) < 4.78 is 37.8. The molecule has 0 saturated heterocycles. The summed E-state index contributed by atoms with van der Waals surface area (Å²) in [6.45, 7) is 0.208. The molecule has 0 N–H and O–H groups in total. The van der Waals surface area contributed by atoms with Crippen LogP contribution in [0.5, 0.6) is 11.5 Å². The molecule has 2 aromatic rings. The normalized spacial score (nSPS) is 11.6. The Morgan fingerprint density at radius 1 is 1.12 bits per heavy atom. The molecule has 0 bridgehead atoms. The quantitative estimate of drug-likeness (QED) is 0.691. The van der Waals surface area contributed by atoms with Gasteiger partial charge >= 0.3 is 0 Å². The Bertz CT molecular complexity index is 825. The van der Waals surface area contributed by atoms with Crippen molar-refractivity contribution in [2.75, 3.05) is 21.3 Å². The van der Waals surface area contributed by atoms with Crippen LogP contribution < -0.4 is 9.47 Å². The SMILES string of the molecule is COc1ccc(CN(C)S(=O)(=O)c2cc(Cl)cc(Br)c2OC)cc1. The van der Waals surface area contributed by atoms with Gasteiger partial charge in [0.25, 0.3) is 0 Å². The number of methoxy groups -OCH3 is 2. The zero-order valence-corrected chi connectivity index (χ0v) is 16.6. The Labute approximate surface area is 155 Å². The third kappa shape index (κ3) is 4.03. The van der Waals surface area contributed by atoms with E-state index >= 15 is 0 Å². The molecule has 0 fully saturated rings. The predicted octanol–water partition coefficient (Wildman–Crippen LogP) is 3.94. The third-order valence-electron chi connectivity index (χ3n) is 3.43. The van der Waals surface area contributed by atoms with Crippen molar-refractivity contribution in [1.29, 1.82) is 0 Å². The number of benzene rings is 2. The maximum atomic E-state index is 12.9. The van der Waals surface area contributed by atoms with Crippen LogP contribution in [-0.2, 0) is 16.6 Å². The van der Waals surface area contributed by atoms with Crippen molar-refractivity contribution in [3.63, 3.8) is 0 Å². The Morgan fingerprint density at radius 2 is 1.75 bits per heavy atom. The first-order valence-electron chi connectivity index (χ1n) is 6.92. The summed E-state index contributed by atoms with van der Waals surface area (Å²) in [7, 11) is 0.721. The molecule has 0 aliphatic rings. The van der Waals surface area contributed by atoms with Crippen molar-refractivity contribution in [2.45, 2.75) is 11.4 Å². The van der Waals surface area contributed by atoms with Gasteiger partial charge in [0, 0.05) is 18.6 Å². The second-order valence-electron chi connectivity index (χ2n) is 5.03. The van der Waals surface area contributed by atoms with Crippen molar-refractivity contribution in [3.8, 4) is 11.5 Å². The van der Waals surface area contributed by atoms with Crippen LogP contribution in [0.4, 0.5) is 0 Å². The van der Waals surface area contributed by atoms with Crippen LogP contribution in [-0.4, -0.2) is 34.0 Å². The number of sulfonamides is 1. The van der Waals surface area contributed by atoms with Gasteiger partial charge in [0.1, 0.15) is 10.6 Å². The smallest absolute Gasteiger partial charge is 0.246 e. The van der Waals surface area contributed by atoms with Gasteiger partial charge in [0.2, 0.25) is 10.0 Å². The molecular formula is C16H17BrClNO4S. The number of ether oxygens (including phenoxy) is 2. The topological polar surface area (TPSA) is 55.8 Å². The monoisotopic (exact) mass is 433 g/mol. The molecule has 24 heavy (non-hydrogen) atoms. The summed E-state index contributed by atoms with van der Waals surface area (Å²) in [6.07, 6.45) is 0. The van der Waals surface area contributed by atoms with E-state index in [4.69, 9.17) is 21.1 Å². The van der Waals surface area contributed by atoms with Crippen molar-refractivity contribution in [1.82, 2.24) is 4.31 Å². The summed E-state index contributed by atoms with van der Waals surface area (Å²) in [4.78, 5) is 0.0142. The van der Waals surface area contributed by atoms with E-state index in [0.29, 0.717) is 15.2 Å². The molecule has 0 aliphatic heterocycles. The molecular weight excluding hydrogens is 418 g/mol. The number of hydrogen-bond acceptors (Lipinski definition) is 4. The fourth-order valence-electron chi connectivity index (χ4n) is 2.17. The molecule has 0 aromatic heterocycles. The van der Waals surface area contributed by atoms with Crippen LogP contribution in [0, 0.1) is 0 Å². The number of nitrogens with zero attached hydrogens (tertiary/aromatic N) is 1. The van der Waals surface area contributed by atoms with Gasteiger partial charge in [-0.1, -0.05) is 23.7 Å². The Kier molecular flexibility index (Phi) is 6.14. The van der Waals surface area contributed by atoms with E-state index in [1.54, 1.807) is 25.3 Å². The van der Waals surface area contributed by atoms with Crippen molar-refractivity contribution in [3.05, 3.63) is 51.5 Å². The summed E-state index contributed by atoms with van der Waals surface area (Å²) in [5.74, 6) is 0.936. The molecule has 2 aromatic carbocycles. The van der Waals surface area contributed by atoms with Gasteiger partial charge in [-0.15, -0.1) is 0 Å². The maximum Gasteiger partial charge on any atom is 0.246 e. The van der Waals surface area contributed by atoms with E-state index in [0.717, 1.165) is 5.56 Å². The van der Waals surface area contributed by atoms with Crippen molar-refractivity contribution >= 4 is 37.6 Å². The number of rotatable bonds is 6. The molecule has 5 nitrogen and oxygen atoms in total. The Morgan fingerprint density at radius 3 is 2.29 bits per heavy atom. The lowest BCUT2D eigenvalue weighted by Gasteiger charge is -2.20. The second-order valence-corrected chi connectivity index (χ2v) is 8.33. The van der Waals surface area contributed by atoms with Crippen LogP contribution in [0.25, 0.3) is 0 Å². The van der Waals surface area contributed by atoms with Crippen LogP contribution in [0.3, 0.4) is 0 Å². The van der Waals surface area contributed by atoms with Crippen molar-refractivity contribution < 1.29 is 17.9 Å². The van der Waals surface area contributed by atoms with Crippen LogP contribution in [0.15, 0.2) is 45.8 Å². The average Bonchev–Trinajstić information content (AvgIpc) is 2.54. The van der Waals surface area contributed by atoms with Gasteiger partial charge in [-0.2, -0.15) is 4.31 Å². The first-order chi connectivity index (χ1) is 11.3. The zero-order valence-electron chi connectivity index (χ0n) is 13.4. The van der Waals surface area contributed by atoms with Gasteiger partial charge < -0.3 is 9.47 Å². The highest BCUT2D eigenvalue weighted by atomic mass is 79.9. The highest BCUT2D eigenvalue weighted by Crippen LogP contribution is 2.36. The van der Waals surface area contributed by atoms with Crippen LogP contribution in [0.2, 0.25) is 5.02 Å². The van der Waals surface area contributed by atoms with Crippen LogP contribution >= 0.6 is 27.5 Å². The summed E-state index contributed by atoms with van der Waals surface area (Å²) in [5, 5.41) is 0.305. The van der Waals surface area contributed by atoms with Gasteiger partial charge in [0.15, 0.2) is 5.75 Å². The average molecular weight is 435 g/mol. The molecule has 0 amide bonds. The molecule has 0 saturated carbocycles. The van der Waals surface area contributed by atoms with Crippen LogP contribution in [0.1, 0.15) is 5.56 Å². The summed E-state index contributed by atoms with van der Waals surface area (Å²) >= 11 is 9.28. The first-order valence-corrected chi connectivity index (χ1v) is 9.53. The molecule has 0 spiro atoms. The van der Waals surface area contributed by atoms with Gasteiger partial charge in [-0.05, 0) is 45.8 Å². The second kappa shape index (κ2) is 7.74. The molecule has 0 unspecified atom stereocenters. The van der Waals surface area contributed by atoms with E-state index < -0.39 is 10.0 Å². The highest BCUT2D eigenvalue weighted by Gasteiger charge is 2.27. The largest absolute Gasteiger partial charge is 0.497 e. The Hall–Kier alpha value is -1.28. The lowest BCUT2D eigenvalue weighted by molar-refractivity contribution is 0.395. The first kappa shape index (κ1) is 19.1. The lowest BCUT2D eigenvalue weighted by atomic mass is 10.2. The lowest BCUT2D eigenvalue weighted by Crippen LogP contribution is -2.27.